The topological polar surface area (TPSA) is 88.9 Å². The summed E-state index contributed by atoms with van der Waals surface area (Å²) in [6.07, 6.45) is 4.46. The third-order valence-electron chi connectivity index (χ3n) is 6.33. The SMILES string of the molecule is Cc1cc(C)c2[nH]c(=O)c([C@@H](c3nnnn3C[C@H]3CCCO3)N3CCCC3)cc2c1. The number of nitrogens with zero attached hydrogens (tertiary/aromatic N) is 5. The number of likely N-dealkylation sites (tertiary alicyclic amines) is 1. The number of aryl methyl sites for hydroxylation is 2. The molecule has 0 saturated carbocycles. The second kappa shape index (κ2) is 7.92. The summed E-state index contributed by atoms with van der Waals surface area (Å²) in [5.74, 6) is 0.724. The molecule has 2 atom stereocenters. The molecule has 4 heterocycles. The second-order valence-corrected chi connectivity index (χ2v) is 8.60. The van der Waals surface area contributed by atoms with Crippen LogP contribution in [0, 0.1) is 13.8 Å². The van der Waals surface area contributed by atoms with Crippen molar-refractivity contribution in [2.45, 2.75) is 58.2 Å². The predicted molar refractivity (Wildman–Crippen MR) is 113 cm³/mol. The minimum Gasteiger partial charge on any atom is -0.376 e. The fraction of sp³-hybridized carbons (Fsp3) is 0.545. The molecule has 0 spiro atoms. The molecular weight excluding hydrogens is 380 g/mol. The van der Waals surface area contributed by atoms with Gasteiger partial charge in [0.05, 0.1) is 18.2 Å². The van der Waals surface area contributed by atoms with Crippen molar-refractivity contribution in [3.05, 3.63) is 51.1 Å². The van der Waals surface area contributed by atoms with Crippen LogP contribution in [0.1, 0.15) is 54.2 Å². The first-order valence-corrected chi connectivity index (χ1v) is 10.9. The summed E-state index contributed by atoms with van der Waals surface area (Å²) >= 11 is 0. The van der Waals surface area contributed by atoms with E-state index >= 15 is 0 Å². The van der Waals surface area contributed by atoms with E-state index in [0.29, 0.717) is 12.1 Å². The van der Waals surface area contributed by atoms with Crippen molar-refractivity contribution < 1.29 is 4.74 Å². The highest BCUT2D eigenvalue weighted by atomic mass is 16.5. The van der Waals surface area contributed by atoms with E-state index in [-0.39, 0.29) is 17.7 Å². The largest absolute Gasteiger partial charge is 0.376 e. The fourth-order valence-electron chi connectivity index (χ4n) is 4.92. The average Bonchev–Trinajstić information content (AvgIpc) is 3.48. The van der Waals surface area contributed by atoms with Gasteiger partial charge in [0.15, 0.2) is 5.82 Å². The zero-order valence-corrected chi connectivity index (χ0v) is 17.6. The van der Waals surface area contributed by atoms with Gasteiger partial charge in [-0.05, 0) is 86.1 Å². The number of hydrogen-bond acceptors (Lipinski definition) is 6. The van der Waals surface area contributed by atoms with E-state index in [1.54, 1.807) is 0 Å². The van der Waals surface area contributed by atoms with Crippen molar-refractivity contribution in [1.29, 1.82) is 0 Å². The molecule has 1 aromatic carbocycles. The van der Waals surface area contributed by atoms with Crippen LogP contribution >= 0.6 is 0 Å². The summed E-state index contributed by atoms with van der Waals surface area (Å²) in [5, 5.41) is 13.7. The van der Waals surface area contributed by atoms with Gasteiger partial charge in [0.2, 0.25) is 0 Å². The van der Waals surface area contributed by atoms with Crippen molar-refractivity contribution >= 4 is 10.9 Å². The molecule has 2 fully saturated rings. The molecule has 0 bridgehead atoms. The van der Waals surface area contributed by atoms with Gasteiger partial charge in [-0.25, -0.2) is 4.68 Å². The number of hydrogen-bond donors (Lipinski definition) is 1. The van der Waals surface area contributed by atoms with Crippen LogP contribution in [0.5, 0.6) is 0 Å². The lowest BCUT2D eigenvalue weighted by Gasteiger charge is -2.27. The Balaban J connectivity index is 1.62. The molecule has 2 aromatic heterocycles. The Kier molecular flexibility index (Phi) is 5.12. The van der Waals surface area contributed by atoms with E-state index in [9.17, 15) is 4.79 Å². The maximum absolute atomic E-state index is 13.2. The molecule has 2 aliphatic heterocycles. The molecule has 2 saturated heterocycles. The molecule has 8 heteroatoms. The Morgan fingerprint density at radius 2 is 2.03 bits per heavy atom. The van der Waals surface area contributed by atoms with E-state index in [1.807, 2.05) is 17.7 Å². The van der Waals surface area contributed by atoms with Gasteiger partial charge in [-0.3, -0.25) is 9.69 Å². The van der Waals surface area contributed by atoms with Gasteiger partial charge in [0, 0.05) is 12.2 Å². The van der Waals surface area contributed by atoms with Gasteiger partial charge < -0.3 is 9.72 Å². The number of ether oxygens (including phenoxy) is 1. The van der Waals surface area contributed by atoms with Crippen LogP contribution in [0.15, 0.2) is 23.0 Å². The Morgan fingerprint density at radius 1 is 1.20 bits per heavy atom. The molecule has 0 aliphatic carbocycles. The highest BCUT2D eigenvalue weighted by Crippen LogP contribution is 2.30. The summed E-state index contributed by atoms with van der Waals surface area (Å²) in [5.41, 5.74) is 3.79. The second-order valence-electron chi connectivity index (χ2n) is 8.60. The molecule has 2 aliphatic rings. The van der Waals surface area contributed by atoms with Gasteiger partial charge in [-0.15, -0.1) is 5.10 Å². The predicted octanol–water partition coefficient (Wildman–Crippen LogP) is 2.50. The molecule has 8 nitrogen and oxygen atoms in total. The first kappa shape index (κ1) is 19.4. The van der Waals surface area contributed by atoms with Crippen LogP contribution in [0.4, 0.5) is 0 Å². The molecule has 3 aromatic rings. The van der Waals surface area contributed by atoms with Crippen LogP contribution < -0.4 is 5.56 Å². The fourth-order valence-corrected chi connectivity index (χ4v) is 4.92. The summed E-state index contributed by atoms with van der Waals surface area (Å²) in [6, 6.07) is 5.98. The van der Waals surface area contributed by atoms with E-state index in [1.165, 1.54) is 5.56 Å². The molecule has 0 unspecified atom stereocenters. The first-order valence-electron chi connectivity index (χ1n) is 10.9. The number of rotatable bonds is 5. The van der Waals surface area contributed by atoms with Gasteiger partial charge in [0.1, 0.15) is 6.04 Å². The summed E-state index contributed by atoms with van der Waals surface area (Å²) in [4.78, 5) is 18.7. The normalized spacial score (nSPS) is 20.9. The lowest BCUT2D eigenvalue weighted by Crippen LogP contribution is -2.34. The van der Waals surface area contributed by atoms with Crippen molar-refractivity contribution in [3.63, 3.8) is 0 Å². The molecule has 0 amide bonds. The smallest absolute Gasteiger partial charge is 0.253 e. The zero-order chi connectivity index (χ0) is 20.7. The van der Waals surface area contributed by atoms with E-state index in [2.05, 4.69) is 44.5 Å². The van der Waals surface area contributed by atoms with Gasteiger partial charge >= 0.3 is 0 Å². The summed E-state index contributed by atoms with van der Waals surface area (Å²) in [7, 11) is 0. The lowest BCUT2D eigenvalue weighted by molar-refractivity contribution is 0.0912. The van der Waals surface area contributed by atoms with Crippen molar-refractivity contribution in [3.8, 4) is 0 Å². The summed E-state index contributed by atoms with van der Waals surface area (Å²) in [6.45, 7) is 7.39. The van der Waals surface area contributed by atoms with E-state index in [4.69, 9.17) is 4.74 Å². The van der Waals surface area contributed by atoms with Crippen LogP contribution in [0.25, 0.3) is 10.9 Å². The standard InChI is InChI=1S/C22H28N6O2/c1-14-10-15(2)19-16(11-14)12-18(22(29)23-19)20(27-7-3-4-8-27)21-24-25-26-28(21)13-17-6-5-9-30-17/h10-12,17,20H,3-9,13H2,1-2H3,(H,23,29)/t17-,20+/m1/s1. The number of H-pyrrole nitrogens is 1. The van der Waals surface area contributed by atoms with Gasteiger partial charge in [-0.1, -0.05) is 11.6 Å². The quantitative estimate of drug-likeness (QED) is 0.698. The Bertz CT molecular complexity index is 1110. The number of aromatic nitrogens is 5. The third-order valence-corrected chi connectivity index (χ3v) is 6.33. The molecule has 5 rings (SSSR count). The highest BCUT2D eigenvalue weighted by molar-refractivity contribution is 5.83. The minimum absolute atomic E-state index is 0.0713. The van der Waals surface area contributed by atoms with Crippen LogP contribution in [-0.4, -0.2) is 55.9 Å². The van der Waals surface area contributed by atoms with E-state index in [0.717, 1.165) is 67.7 Å². The van der Waals surface area contributed by atoms with Gasteiger partial charge in [-0.2, -0.15) is 0 Å². The Morgan fingerprint density at radius 3 is 2.80 bits per heavy atom. The highest BCUT2D eigenvalue weighted by Gasteiger charge is 2.33. The van der Waals surface area contributed by atoms with Crippen molar-refractivity contribution in [2.24, 2.45) is 0 Å². The zero-order valence-electron chi connectivity index (χ0n) is 17.6. The van der Waals surface area contributed by atoms with Crippen LogP contribution in [-0.2, 0) is 11.3 Å². The maximum Gasteiger partial charge on any atom is 0.253 e. The number of benzene rings is 1. The van der Waals surface area contributed by atoms with Crippen LogP contribution in [0.2, 0.25) is 0 Å². The Labute approximate surface area is 175 Å². The first-order chi connectivity index (χ1) is 14.6. The number of aromatic amines is 1. The molecule has 1 N–H and O–H groups in total. The average molecular weight is 409 g/mol. The van der Waals surface area contributed by atoms with Crippen LogP contribution in [0.3, 0.4) is 0 Å². The van der Waals surface area contributed by atoms with E-state index < -0.39 is 0 Å². The Hall–Kier alpha value is -2.58. The number of tetrazole rings is 1. The van der Waals surface area contributed by atoms with Crippen molar-refractivity contribution in [2.75, 3.05) is 19.7 Å². The molecule has 30 heavy (non-hydrogen) atoms. The van der Waals surface area contributed by atoms with Gasteiger partial charge in [0.25, 0.3) is 5.56 Å². The minimum atomic E-state index is -0.266. The molecule has 158 valence electrons. The monoisotopic (exact) mass is 408 g/mol. The van der Waals surface area contributed by atoms with Crippen molar-refractivity contribution in [1.82, 2.24) is 30.1 Å². The molecule has 0 radical (unpaired) electrons. The molecular formula is C22H28N6O2. The number of nitrogens with one attached hydrogen (secondary N) is 1. The number of pyridine rings is 1. The third kappa shape index (κ3) is 3.54. The lowest BCUT2D eigenvalue weighted by atomic mass is 10.0. The number of fused-ring (bicyclic) bond motifs is 1. The summed E-state index contributed by atoms with van der Waals surface area (Å²) < 4.78 is 7.64. The maximum atomic E-state index is 13.2.